The van der Waals surface area contributed by atoms with Crippen LogP contribution >= 0.6 is 15.9 Å². The Morgan fingerprint density at radius 3 is 2.94 bits per heavy atom. The summed E-state index contributed by atoms with van der Waals surface area (Å²) in [5, 5.41) is 1.01. The van der Waals surface area contributed by atoms with Gasteiger partial charge in [-0.3, -0.25) is 0 Å². The van der Waals surface area contributed by atoms with Crippen molar-refractivity contribution in [3.8, 4) is 0 Å². The van der Waals surface area contributed by atoms with Crippen LogP contribution in [0.1, 0.15) is 25.7 Å². The summed E-state index contributed by atoms with van der Waals surface area (Å²) in [7, 11) is 3.95. The van der Waals surface area contributed by atoms with Gasteiger partial charge in [0.1, 0.15) is 5.82 Å². The molecule has 1 fully saturated rings. The molecule has 0 aliphatic carbocycles. The van der Waals surface area contributed by atoms with Gasteiger partial charge in [0.15, 0.2) is 0 Å². The van der Waals surface area contributed by atoms with Crippen LogP contribution in [0, 0.1) is 0 Å². The highest BCUT2D eigenvalue weighted by Crippen LogP contribution is 2.24. The quantitative estimate of drug-likeness (QED) is 0.803. The van der Waals surface area contributed by atoms with E-state index in [4.69, 9.17) is 0 Å². The maximum Gasteiger partial charge on any atom is 0.226 e. The van der Waals surface area contributed by atoms with Crippen molar-refractivity contribution in [2.24, 2.45) is 0 Å². The third-order valence-corrected chi connectivity index (χ3v) is 4.13. The number of hydrogen-bond donors (Lipinski definition) is 0. The number of halogens is 1. The second kappa shape index (κ2) is 6.36. The van der Waals surface area contributed by atoms with E-state index in [2.05, 4.69) is 30.8 Å². The second-order valence-corrected chi connectivity index (χ2v) is 5.61. The van der Waals surface area contributed by atoms with E-state index in [1.54, 1.807) is 0 Å². The van der Waals surface area contributed by atoms with Gasteiger partial charge in [-0.15, -0.1) is 0 Å². The van der Waals surface area contributed by atoms with Crippen LogP contribution in [-0.2, 0) is 0 Å². The molecule has 5 heteroatoms. The largest absolute Gasteiger partial charge is 0.353 e. The van der Waals surface area contributed by atoms with Crippen molar-refractivity contribution in [2.45, 2.75) is 31.7 Å². The van der Waals surface area contributed by atoms with Crippen LogP contribution in [0.3, 0.4) is 0 Å². The van der Waals surface area contributed by atoms with Gasteiger partial charge in [0, 0.05) is 38.2 Å². The predicted molar refractivity (Wildman–Crippen MR) is 79.8 cm³/mol. The monoisotopic (exact) mass is 312 g/mol. The molecule has 1 saturated heterocycles. The number of nitrogens with zero attached hydrogens (tertiary/aromatic N) is 4. The summed E-state index contributed by atoms with van der Waals surface area (Å²) in [6, 6.07) is 2.57. The summed E-state index contributed by atoms with van der Waals surface area (Å²) in [6.07, 6.45) is 7.00. The van der Waals surface area contributed by atoms with Gasteiger partial charge >= 0.3 is 0 Å². The maximum atomic E-state index is 4.66. The summed E-state index contributed by atoms with van der Waals surface area (Å²) >= 11 is 3.64. The molecular formula is C13H21BrN4. The van der Waals surface area contributed by atoms with Gasteiger partial charge in [-0.25, -0.2) is 4.98 Å². The van der Waals surface area contributed by atoms with Crippen molar-refractivity contribution in [1.82, 2.24) is 9.97 Å². The molecule has 0 bridgehead atoms. The van der Waals surface area contributed by atoms with E-state index in [1.165, 1.54) is 25.7 Å². The summed E-state index contributed by atoms with van der Waals surface area (Å²) in [5.41, 5.74) is 0. The molecule has 100 valence electrons. The van der Waals surface area contributed by atoms with Crippen molar-refractivity contribution < 1.29 is 0 Å². The average Bonchev–Trinajstić information content (AvgIpc) is 2.63. The molecule has 18 heavy (non-hydrogen) atoms. The Balaban J connectivity index is 2.24. The molecule has 0 N–H and O–H groups in total. The van der Waals surface area contributed by atoms with E-state index in [-0.39, 0.29) is 0 Å². The first-order chi connectivity index (χ1) is 8.72. The highest BCUT2D eigenvalue weighted by atomic mass is 79.9. The minimum atomic E-state index is 0.553. The van der Waals surface area contributed by atoms with Gasteiger partial charge in [-0.05, 0) is 18.9 Å². The number of aromatic nitrogens is 2. The van der Waals surface area contributed by atoms with Crippen LogP contribution in [0.5, 0.6) is 0 Å². The van der Waals surface area contributed by atoms with Crippen LogP contribution in [0.4, 0.5) is 11.8 Å². The molecule has 2 heterocycles. The maximum absolute atomic E-state index is 4.66. The van der Waals surface area contributed by atoms with Gasteiger partial charge in [-0.2, -0.15) is 4.98 Å². The van der Waals surface area contributed by atoms with E-state index < -0.39 is 0 Å². The zero-order valence-corrected chi connectivity index (χ0v) is 12.7. The number of alkyl halides is 1. The predicted octanol–water partition coefficient (Wildman–Crippen LogP) is 2.69. The standard InChI is InChI=1S/C13H21BrN4/c1-17(2)13-15-8-7-12(16-13)18-9-5-3-4-6-11(18)10-14/h7-8,11H,3-6,9-10H2,1-2H3. The number of anilines is 2. The lowest BCUT2D eigenvalue weighted by Gasteiger charge is -2.30. The van der Waals surface area contributed by atoms with Gasteiger partial charge in [-0.1, -0.05) is 28.8 Å². The zero-order chi connectivity index (χ0) is 13.0. The summed E-state index contributed by atoms with van der Waals surface area (Å²) in [4.78, 5) is 13.3. The van der Waals surface area contributed by atoms with Gasteiger partial charge in [0.2, 0.25) is 5.95 Å². The summed E-state index contributed by atoms with van der Waals surface area (Å²) < 4.78 is 0. The normalized spacial score (nSPS) is 20.6. The van der Waals surface area contributed by atoms with Crippen LogP contribution < -0.4 is 9.80 Å². The van der Waals surface area contributed by atoms with Crippen LogP contribution in [0.15, 0.2) is 12.3 Å². The van der Waals surface area contributed by atoms with E-state index in [0.29, 0.717) is 6.04 Å². The molecule has 0 aromatic carbocycles. The number of rotatable bonds is 3. The first-order valence-corrected chi connectivity index (χ1v) is 7.67. The molecule has 1 aliphatic heterocycles. The third-order valence-electron chi connectivity index (χ3n) is 3.38. The van der Waals surface area contributed by atoms with Crippen LogP contribution in [-0.4, -0.2) is 42.0 Å². The Morgan fingerprint density at radius 1 is 1.39 bits per heavy atom. The van der Waals surface area contributed by atoms with E-state index in [1.807, 2.05) is 31.3 Å². The van der Waals surface area contributed by atoms with Crippen molar-refractivity contribution in [3.05, 3.63) is 12.3 Å². The second-order valence-electron chi connectivity index (χ2n) is 4.96. The Hall–Kier alpha value is -0.840. The molecule has 1 aliphatic rings. The molecule has 0 spiro atoms. The molecule has 0 amide bonds. The molecule has 0 saturated carbocycles. The molecule has 1 aromatic heterocycles. The highest BCUT2D eigenvalue weighted by molar-refractivity contribution is 9.09. The Labute approximate surface area is 118 Å². The Kier molecular flexibility index (Phi) is 4.80. The Morgan fingerprint density at radius 2 is 2.22 bits per heavy atom. The fourth-order valence-electron chi connectivity index (χ4n) is 2.35. The molecule has 2 rings (SSSR count). The van der Waals surface area contributed by atoms with Crippen molar-refractivity contribution in [2.75, 3.05) is 35.8 Å². The molecule has 1 unspecified atom stereocenters. The lowest BCUT2D eigenvalue weighted by Crippen LogP contribution is -2.37. The lowest BCUT2D eigenvalue weighted by molar-refractivity contribution is 0.621. The van der Waals surface area contributed by atoms with Crippen molar-refractivity contribution >= 4 is 27.7 Å². The smallest absolute Gasteiger partial charge is 0.226 e. The van der Waals surface area contributed by atoms with Gasteiger partial charge in [0.05, 0.1) is 0 Å². The van der Waals surface area contributed by atoms with E-state index >= 15 is 0 Å². The third kappa shape index (κ3) is 3.13. The molecule has 1 atom stereocenters. The topological polar surface area (TPSA) is 32.3 Å². The SMILES string of the molecule is CN(C)c1nccc(N2CCCCCC2CBr)n1. The summed E-state index contributed by atoms with van der Waals surface area (Å²) in [5.74, 6) is 1.84. The molecular weight excluding hydrogens is 292 g/mol. The van der Waals surface area contributed by atoms with Crippen LogP contribution in [0.2, 0.25) is 0 Å². The number of hydrogen-bond acceptors (Lipinski definition) is 4. The van der Waals surface area contributed by atoms with Crippen molar-refractivity contribution in [3.63, 3.8) is 0 Å². The average molecular weight is 313 g/mol. The minimum Gasteiger partial charge on any atom is -0.353 e. The fraction of sp³-hybridized carbons (Fsp3) is 0.692. The summed E-state index contributed by atoms with van der Waals surface area (Å²) in [6.45, 7) is 1.10. The lowest BCUT2D eigenvalue weighted by atomic mass is 10.1. The molecule has 0 radical (unpaired) electrons. The zero-order valence-electron chi connectivity index (χ0n) is 11.1. The van der Waals surface area contributed by atoms with Crippen molar-refractivity contribution in [1.29, 1.82) is 0 Å². The fourth-order valence-corrected chi connectivity index (χ4v) is 3.03. The van der Waals surface area contributed by atoms with E-state index in [9.17, 15) is 0 Å². The minimum absolute atomic E-state index is 0.553. The molecule has 4 nitrogen and oxygen atoms in total. The highest BCUT2D eigenvalue weighted by Gasteiger charge is 2.21. The van der Waals surface area contributed by atoms with Crippen LogP contribution in [0.25, 0.3) is 0 Å². The van der Waals surface area contributed by atoms with Gasteiger partial charge in [0.25, 0.3) is 0 Å². The first-order valence-electron chi connectivity index (χ1n) is 6.55. The Bertz CT molecular complexity index is 383. The van der Waals surface area contributed by atoms with Gasteiger partial charge < -0.3 is 9.80 Å². The van der Waals surface area contributed by atoms with E-state index in [0.717, 1.165) is 23.6 Å². The molecule has 1 aromatic rings. The first kappa shape index (κ1) is 13.6.